The predicted octanol–water partition coefficient (Wildman–Crippen LogP) is 5.43. The second-order valence-corrected chi connectivity index (χ2v) is 9.39. The predicted molar refractivity (Wildman–Crippen MR) is 110 cm³/mol. The lowest BCUT2D eigenvalue weighted by molar-refractivity contribution is 0.291. The van der Waals surface area contributed by atoms with Crippen LogP contribution in [0.15, 0.2) is 24.4 Å². The number of nitrogens with zero attached hydrogens (tertiary/aromatic N) is 4. The highest BCUT2D eigenvalue weighted by atomic mass is 32.1. The van der Waals surface area contributed by atoms with Crippen LogP contribution < -0.4 is 0 Å². The summed E-state index contributed by atoms with van der Waals surface area (Å²) in [6.07, 6.45) is 2.57. The topological polar surface area (TPSA) is 54.5 Å². The Kier molecular flexibility index (Phi) is 4.21. The van der Waals surface area contributed by atoms with Crippen molar-refractivity contribution in [3.8, 4) is 16.5 Å². The summed E-state index contributed by atoms with van der Waals surface area (Å²) in [4.78, 5) is 6.53. The zero-order chi connectivity index (χ0) is 19.4. The van der Waals surface area contributed by atoms with E-state index in [-0.39, 0.29) is 18.4 Å². The number of halogens is 2. The first-order valence-electron chi connectivity index (χ1n) is 9.09. The van der Waals surface area contributed by atoms with E-state index in [0.717, 1.165) is 36.7 Å². The molecule has 28 heavy (non-hydrogen) atoms. The van der Waals surface area contributed by atoms with E-state index in [4.69, 9.17) is 5.26 Å². The molecule has 0 amide bonds. The molecule has 1 aliphatic heterocycles. The van der Waals surface area contributed by atoms with E-state index in [2.05, 4.69) is 16.1 Å². The van der Waals surface area contributed by atoms with Crippen molar-refractivity contribution in [3.63, 3.8) is 0 Å². The van der Waals surface area contributed by atoms with Crippen LogP contribution in [0.3, 0.4) is 0 Å². The first-order valence-corrected chi connectivity index (χ1v) is 10.7. The minimum Gasteiger partial charge on any atom is -0.274 e. The number of aromatic nitrogens is 3. The smallest absolute Gasteiger partial charge is 0.270 e. The number of thiazole rings is 1. The van der Waals surface area contributed by atoms with Crippen LogP contribution in [0, 0.1) is 17.0 Å². The van der Waals surface area contributed by atoms with Gasteiger partial charge in [0, 0.05) is 41.0 Å². The Hall–Kier alpha value is -2.31. The largest absolute Gasteiger partial charge is 0.274 e. The maximum atomic E-state index is 14.5. The summed E-state index contributed by atoms with van der Waals surface area (Å²) in [7, 11) is 1.77. The van der Waals surface area contributed by atoms with Gasteiger partial charge >= 0.3 is 0 Å². The van der Waals surface area contributed by atoms with E-state index in [0.29, 0.717) is 18.3 Å². The third-order valence-electron chi connectivity index (χ3n) is 5.35. The zero-order valence-electron chi connectivity index (χ0n) is 15.0. The van der Waals surface area contributed by atoms with Crippen LogP contribution >= 0.6 is 22.7 Å². The Morgan fingerprint density at radius 1 is 1.32 bits per heavy atom. The molecule has 0 saturated carbocycles. The molecule has 0 aliphatic carbocycles. The molecule has 0 bridgehead atoms. The molecule has 2 atom stereocenters. The van der Waals surface area contributed by atoms with Gasteiger partial charge in [0.1, 0.15) is 21.5 Å². The lowest BCUT2D eigenvalue weighted by Crippen LogP contribution is -2.28. The summed E-state index contributed by atoms with van der Waals surface area (Å²) in [5, 5.41) is 14.6. The summed E-state index contributed by atoms with van der Waals surface area (Å²) in [6.45, 7) is -0.172. The molecule has 4 heterocycles. The third-order valence-corrected chi connectivity index (χ3v) is 7.69. The van der Waals surface area contributed by atoms with Crippen molar-refractivity contribution in [2.24, 2.45) is 7.05 Å². The van der Waals surface area contributed by atoms with Gasteiger partial charge in [-0.05, 0) is 30.9 Å². The monoisotopic (exact) mass is 412 g/mol. The first kappa shape index (κ1) is 17.8. The van der Waals surface area contributed by atoms with Crippen LogP contribution in [0.1, 0.15) is 17.2 Å². The molecular formula is C19H15BF2N4S2. The highest BCUT2D eigenvalue weighted by Gasteiger charge is 2.35. The molecule has 0 spiro atoms. The van der Waals surface area contributed by atoms with E-state index in [9.17, 15) is 8.78 Å². The zero-order valence-corrected chi connectivity index (χ0v) is 16.7. The molecule has 1 fully saturated rings. The van der Waals surface area contributed by atoms with Gasteiger partial charge in [-0.2, -0.15) is 5.10 Å². The van der Waals surface area contributed by atoms with E-state index < -0.39 is 6.17 Å². The number of nitriles is 1. The molecule has 0 radical (unpaired) electrons. The Morgan fingerprint density at radius 2 is 2.18 bits per heavy atom. The van der Waals surface area contributed by atoms with Crippen molar-refractivity contribution in [3.05, 3.63) is 35.1 Å². The van der Waals surface area contributed by atoms with Crippen molar-refractivity contribution in [1.29, 1.82) is 5.26 Å². The molecule has 5 rings (SSSR count). The van der Waals surface area contributed by atoms with Crippen molar-refractivity contribution in [2.75, 3.05) is 0 Å². The van der Waals surface area contributed by atoms with Gasteiger partial charge in [-0.1, -0.05) is 6.32 Å². The van der Waals surface area contributed by atoms with Gasteiger partial charge in [-0.15, -0.1) is 22.7 Å². The van der Waals surface area contributed by atoms with Gasteiger partial charge in [-0.3, -0.25) is 4.68 Å². The van der Waals surface area contributed by atoms with Gasteiger partial charge in [0.05, 0.1) is 4.70 Å². The highest BCUT2D eigenvalue weighted by Crippen LogP contribution is 2.43. The average molecular weight is 412 g/mol. The fourth-order valence-corrected chi connectivity index (χ4v) is 6.34. The minimum atomic E-state index is -0.979. The number of hydrogen-bond donors (Lipinski definition) is 0. The van der Waals surface area contributed by atoms with E-state index in [1.165, 1.54) is 28.7 Å². The van der Waals surface area contributed by atoms with Gasteiger partial charge in [-0.25, -0.2) is 19.0 Å². The van der Waals surface area contributed by atoms with Crippen molar-refractivity contribution >= 4 is 49.8 Å². The van der Waals surface area contributed by atoms with E-state index in [1.807, 2.05) is 12.1 Å². The molecule has 0 N–H and O–H groups in total. The summed E-state index contributed by atoms with van der Waals surface area (Å²) in [5.74, 6) is 1.68. The van der Waals surface area contributed by atoms with Crippen LogP contribution in [-0.2, 0) is 7.05 Å². The Morgan fingerprint density at radius 3 is 2.93 bits per heavy atom. The van der Waals surface area contributed by atoms with Gasteiger partial charge in [0.25, 0.3) is 6.71 Å². The normalized spacial score (nSPS) is 20.1. The maximum absolute atomic E-state index is 14.5. The molecule has 1 aromatic carbocycles. The Balaban J connectivity index is 1.47. The minimum absolute atomic E-state index is 0.149. The quantitative estimate of drug-likeness (QED) is 0.413. The van der Waals surface area contributed by atoms with Gasteiger partial charge in [0.2, 0.25) is 0 Å². The molecular weight excluding hydrogens is 397 g/mol. The lowest BCUT2D eigenvalue weighted by atomic mass is 9.41. The SMILES string of the molecule is Cn1cc2cc(-c3nc4sc(C5CCB(C#N)CC5F)cc4s3)cc(F)c2n1. The summed E-state index contributed by atoms with van der Waals surface area (Å²) >= 11 is 3.01. The van der Waals surface area contributed by atoms with Crippen LogP contribution in [-0.4, -0.2) is 27.6 Å². The Bertz CT molecular complexity index is 1210. The number of aryl methyl sites for hydroxylation is 1. The number of rotatable bonds is 2. The molecule has 1 saturated heterocycles. The maximum Gasteiger partial charge on any atom is 0.270 e. The van der Waals surface area contributed by atoms with Crippen LogP contribution in [0.25, 0.3) is 31.0 Å². The molecule has 140 valence electrons. The van der Waals surface area contributed by atoms with Crippen molar-refractivity contribution < 1.29 is 8.78 Å². The fourth-order valence-electron chi connectivity index (χ4n) is 3.95. The summed E-state index contributed by atoms with van der Waals surface area (Å²) < 4.78 is 31.5. The molecule has 4 nitrogen and oxygen atoms in total. The van der Waals surface area contributed by atoms with Gasteiger partial charge in [0.15, 0.2) is 5.82 Å². The standard InChI is InChI=1S/C19H15BF2N4S2/c1-26-8-11-4-10(5-13(21)17(11)25-26)18-24-19-16(28-18)6-15(27-19)12-2-3-20(9-23)7-14(12)22/h4-6,8,12,14H,2-3,7H2,1H3. The molecule has 3 aromatic heterocycles. The fraction of sp³-hybridized carbons (Fsp3) is 0.316. The summed E-state index contributed by atoms with van der Waals surface area (Å²) in [5.41, 5.74) is 1.08. The van der Waals surface area contributed by atoms with E-state index >= 15 is 0 Å². The molecule has 2 unspecified atom stereocenters. The van der Waals surface area contributed by atoms with Crippen molar-refractivity contribution in [2.45, 2.75) is 31.2 Å². The highest BCUT2D eigenvalue weighted by molar-refractivity contribution is 7.28. The number of benzene rings is 1. The van der Waals surface area contributed by atoms with Crippen LogP contribution in [0.2, 0.25) is 12.6 Å². The molecule has 1 aliphatic rings. The number of hydrogen-bond acceptors (Lipinski definition) is 5. The van der Waals surface area contributed by atoms with Crippen molar-refractivity contribution in [1.82, 2.24) is 14.8 Å². The van der Waals surface area contributed by atoms with E-state index in [1.54, 1.807) is 17.9 Å². The lowest BCUT2D eigenvalue weighted by Gasteiger charge is -2.26. The number of alkyl halides is 1. The summed E-state index contributed by atoms with van der Waals surface area (Å²) in [6, 6.07) is 5.39. The van der Waals surface area contributed by atoms with Crippen LogP contribution in [0.4, 0.5) is 8.78 Å². The van der Waals surface area contributed by atoms with Gasteiger partial charge < -0.3 is 0 Å². The third kappa shape index (κ3) is 2.92. The number of fused-ring (bicyclic) bond motifs is 2. The second kappa shape index (κ2) is 6.64. The number of thiophene rings is 1. The second-order valence-electron chi connectivity index (χ2n) is 7.30. The molecule has 4 aromatic rings. The van der Waals surface area contributed by atoms with Crippen LogP contribution in [0.5, 0.6) is 0 Å². The average Bonchev–Trinajstić information content (AvgIpc) is 3.33. The first-order chi connectivity index (χ1) is 13.5. The molecule has 9 heteroatoms. The Labute approximate surface area is 168 Å².